The van der Waals surface area contributed by atoms with E-state index in [4.69, 9.17) is 16.7 Å². The number of carbonyl (C=O) groups is 2. The van der Waals surface area contributed by atoms with Crippen LogP contribution in [0.15, 0.2) is 11.6 Å². The lowest BCUT2D eigenvalue weighted by Gasteiger charge is -2.02. The lowest BCUT2D eigenvalue weighted by Crippen LogP contribution is -2.29. The highest BCUT2D eigenvalue weighted by atomic mass is 35.5. The molecule has 5 nitrogen and oxygen atoms in total. The van der Waals surface area contributed by atoms with Gasteiger partial charge in [-0.25, -0.2) is 4.79 Å². The summed E-state index contributed by atoms with van der Waals surface area (Å²) in [6.45, 7) is 2.71. The number of carboxylic acid groups (broad SMARTS) is 1. The number of hydrogen-bond donors (Lipinski definition) is 2. The Morgan fingerprint density at radius 1 is 1.46 bits per heavy atom. The molecule has 0 aliphatic rings. The van der Waals surface area contributed by atoms with Crippen molar-refractivity contribution in [3.8, 4) is 0 Å². The standard InChI is InChI=1S/C7H10ClNO4/c1-5(8)2-9-6(10)3-13-4-7(11)12/h1-4H2,(H,9,10)(H,11,12). The molecular weight excluding hydrogens is 198 g/mol. The maximum atomic E-state index is 10.8. The van der Waals surface area contributed by atoms with Crippen LogP contribution in [0, 0.1) is 0 Å². The second-order valence-corrected chi connectivity index (χ2v) is 2.72. The van der Waals surface area contributed by atoms with Gasteiger partial charge in [-0.1, -0.05) is 18.2 Å². The van der Waals surface area contributed by atoms with Gasteiger partial charge in [0.2, 0.25) is 5.91 Å². The van der Waals surface area contributed by atoms with Gasteiger partial charge in [-0.05, 0) is 0 Å². The quantitative estimate of drug-likeness (QED) is 0.641. The van der Waals surface area contributed by atoms with Crippen LogP contribution in [-0.4, -0.2) is 36.7 Å². The highest BCUT2D eigenvalue weighted by molar-refractivity contribution is 6.29. The molecule has 74 valence electrons. The van der Waals surface area contributed by atoms with Gasteiger partial charge in [-0.15, -0.1) is 0 Å². The van der Waals surface area contributed by atoms with Crippen LogP contribution < -0.4 is 5.32 Å². The Balaban J connectivity index is 3.41. The van der Waals surface area contributed by atoms with Crippen molar-refractivity contribution in [2.45, 2.75) is 0 Å². The fourth-order valence-electron chi connectivity index (χ4n) is 0.477. The van der Waals surface area contributed by atoms with Gasteiger partial charge in [0, 0.05) is 5.03 Å². The minimum absolute atomic E-state index is 0.150. The van der Waals surface area contributed by atoms with Gasteiger partial charge in [0.05, 0.1) is 6.54 Å². The molecule has 0 spiro atoms. The molecule has 0 radical (unpaired) electrons. The molecule has 0 heterocycles. The predicted octanol–water partition coefficient (Wildman–Crippen LogP) is -0.0437. The van der Waals surface area contributed by atoms with E-state index in [0.29, 0.717) is 5.03 Å². The zero-order chi connectivity index (χ0) is 10.3. The Bertz CT molecular complexity index is 217. The maximum Gasteiger partial charge on any atom is 0.329 e. The van der Waals surface area contributed by atoms with Crippen molar-refractivity contribution in [3.05, 3.63) is 11.6 Å². The molecule has 6 heteroatoms. The van der Waals surface area contributed by atoms with E-state index in [1.54, 1.807) is 0 Å². The van der Waals surface area contributed by atoms with Gasteiger partial charge in [-0.2, -0.15) is 0 Å². The van der Waals surface area contributed by atoms with E-state index in [0.717, 1.165) is 0 Å². The highest BCUT2D eigenvalue weighted by Gasteiger charge is 2.02. The van der Waals surface area contributed by atoms with Crippen LogP contribution in [0.2, 0.25) is 0 Å². The maximum absolute atomic E-state index is 10.8. The molecule has 0 unspecified atom stereocenters. The monoisotopic (exact) mass is 207 g/mol. The normalized spacial score (nSPS) is 9.31. The molecule has 0 aromatic carbocycles. The largest absolute Gasteiger partial charge is 0.480 e. The van der Waals surface area contributed by atoms with Crippen molar-refractivity contribution in [1.82, 2.24) is 5.32 Å². The van der Waals surface area contributed by atoms with Gasteiger partial charge in [-0.3, -0.25) is 4.79 Å². The van der Waals surface area contributed by atoms with Crippen LogP contribution in [0.4, 0.5) is 0 Å². The molecule has 0 bridgehead atoms. The Morgan fingerprint density at radius 3 is 2.54 bits per heavy atom. The van der Waals surface area contributed by atoms with Crippen LogP contribution in [0.1, 0.15) is 0 Å². The third-order valence-electron chi connectivity index (χ3n) is 0.936. The fraction of sp³-hybridized carbons (Fsp3) is 0.429. The first-order chi connectivity index (χ1) is 6.02. The third kappa shape index (κ3) is 8.84. The number of hydrogen-bond acceptors (Lipinski definition) is 3. The average molecular weight is 208 g/mol. The van der Waals surface area contributed by atoms with E-state index in [2.05, 4.69) is 16.6 Å². The molecule has 0 aliphatic carbocycles. The third-order valence-corrected chi connectivity index (χ3v) is 1.07. The molecule has 13 heavy (non-hydrogen) atoms. The summed E-state index contributed by atoms with van der Waals surface area (Å²) in [4.78, 5) is 20.8. The Labute approximate surface area is 80.3 Å². The summed E-state index contributed by atoms with van der Waals surface area (Å²) in [5.74, 6) is -1.54. The summed E-state index contributed by atoms with van der Waals surface area (Å²) in [6.07, 6.45) is 0. The number of nitrogens with one attached hydrogen (secondary N) is 1. The molecule has 2 N–H and O–H groups in total. The smallest absolute Gasteiger partial charge is 0.329 e. The first-order valence-corrected chi connectivity index (χ1v) is 3.79. The molecule has 0 fully saturated rings. The number of halogens is 1. The summed E-state index contributed by atoms with van der Waals surface area (Å²) in [6, 6.07) is 0. The number of carboxylic acids is 1. The second-order valence-electron chi connectivity index (χ2n) is 2.18. The topological polar surface area (TPSA) is 75.6 Å². The molecule has 0 aromatic heterocycles. The lowest BCUT2D eigenvalue weighted by atomic mass is 10.5. The molecule has 0 atom stereocenters. The molecule has 0 rings (SSSR count). The minimum atomic E-state index is -1.12. The van der Waals surface area contributed by atoms with Crippen LogP contribution in [0.3, 0.4) is 0 Å². The molecule has 0 aliphatic heterocycles. The minimum Gasteiger partial charge on any atom is -0.480 e. The average Bonchev–Trinajstić information content (AvgIpc) is 2.00. The zero-order valence-electron chi connectivity index (χ0n) is 6.88. The van der Waals surface area contributed by atoms with Crippen LogP contribution in [0.5, 0.6) is 0 Å². The SMILES string of the molecule is C=C(Cl)CNC(=O)COCC(=O)O. The predicted molar refractivity (Wildman–Crippen MR) is 46.5 cm³/mol. The Kier molecular flexibility index (Phi) is 5.92. The lowest BCUT2D eigenvalue weighted by molar-refractivity contribution is -0.143. The van der Waals surface area contributed by atoms with Gasteiger partial charge in [0.1, 0.15) is 13.2 Å². The number of ether oxygens (including phenoxy) is 1. The molecule has 0 saturated heterocycles. The van der Waals surface area contributed by atoms with Gasteiger partial charge < -0.3 is 15.2 Å². The molecular formula is C7H10ClNO4. The summed E-state index contributed by atoms with van der Waals surface area (Å²) >= 11 is 5.36. The Morgan fingerprint density at radius 2 is 2.08 bits per heavy atom. The summed E-state index contributed by atoms with van der Waals surface area (Å²) in [5.41, 5.74) is 0. The van der Waals surface area contributed by atoms with E-state index < -0.39 is 18.5 Å². The first-order valence-electron chi connectivity index (χ1n) is 3.42. The first kappa shape index (κ1) is 11.9. The van der Waals surface area contributed by atoms with Crippen molar-refractivity contribution in [2.24, 2.45) is 0 Å². The summed E-state index contributed by atoms with van der Waals surface area (Å²) in [5, 5.41) is 10.8. The van der Waals surface area contributed by atoms with E-state index in [1.807, 2.05) is 0 Å². The van der Waals surface area contributed by atoms with Crippen molar-refractivity contribution in [3.63, 3.8) is 0 Å². The van der Waals surface area contributed by atoms with Crippen LogP contribution in [-0.2, 0) is 14.3 Å². The number of rotatable bonds is 6. The van der Waals surface area contributed by atoms with Crippen molar-refractivity contribution in [1.29, 1.82) is 0 Å². The van der Waals surface area contributed by atoms with E-state index in [-0.39, 0.29) is 13.2 Å². The number of aliphatic carboxylic acids is 1. The van der Waals surface area contributed by atoms with Gasteiger partial charge in [0.15, 0.2) is 0 Å². The van der Waals surface area contributed by atoms with Gasteiger partial charge >= 0.3 is 5.97 Å². The second kappa shape index (κ2) is 6.45. The van der Waals surface area contributed by atoms with Crippen LogP contribution in [0.25, 0.3) is 0 Å². The Hall–Kier alpha value is -1.07. The van der Waals surface area contributed by atoms with Crippen LogP contribution >= 0.6 is 11.6 Å². The number of amides is 1. The van der Waals surface area contributed by atoms with E-state index in [1.165, 1.54) is 0 Å². The van der Waals surface area contributed by atoms with Crippen molar-refractivity contribution < 1.29 is 19.4 Å². The zero-order valence-corrected chi connectivity index (χ0v) is 7.63. The van der Waals surface area contributed by atoms with Gasteiger partial charge in [0.25, 0.3) is 0 Å². The van der Waals surface area contributed by atoms with Crippen molar-refractivity contribution in [2.75, 3.05) is 19.8 Å². The molecule has 0 saturated carbocycles. The fourth-order valence-corrected chi connectivity index (χ4v) is 0.543. The molecule has 1 amide bonds. The number of carbonyl (C=O) groups excluding carboxylic acids is 1. The summed E-state index contributed by atoms with van der Waals surface area (Å²) in [7, 11) is 0. The highest BCUT2D eigenvalue weighted by Crippen LogP contribution is 1.91. The van der Waals surface area contributed by atoms with E-state index >= 15 is 0 Å². The molecule has 0 aromatic rings. The van der Waals surface area contributed by atoms with E-state index in [9.17, 15) is 9.59 Å². The van der Waals surface area contributed by atoms with Crippen molar-refractivity contribution >= 4 is 23.5 Å². The summed E-state index contributed by atoms with van der Waals surface area (Å²) < 4.78 is 4.50.